The Kier molecular flexibility index (Phi) is 4.43. The molecule has 0 aliphatic carbocycles. The lowest BCUT2D eigenvalue weighted by Gasteiger charge is -2.23. The van der Waals surface area contributed by atoms with E-state index in [0.29, 0.717) is 0 Å². The van der Waals surface area contributed by atoms with Crippen LogP contribution >= 0.6 is 11.3 Å². The van der Waals surface area contributed by atoms with Gasteiger partial charge in [-0.2, -0.15) is 0 Å². The maximum absolute atomic E-state index is 4.41. The predicted octanol–water partition coefficient (Wildman–Crippen LogP) is 4.58. The normalized spacial score (nSPS) is 12.5. The highest BCUT2D eigenvalue weighted by Gasteiger charge is 2.18. The Labute approximate surface area is 129 Å². The van der Waals surface area contributed by atoms with E-state index in [1.807, 2.05) is 11.6 Å². The van der Waals surface area contributed by atoms with Crippen LogP contribution in [0.15, 0.2) is 72.2 Å². The molecule has 1 N–H and O–H groups in total. The number of thiazole rings is 1. The molecule has 0 radical (unpaired) electrons. The molecular weight excluding hydrogens is 276 g/mol. The molecule has 0 saturated heterocycles. The van der Waals surface area contributed by atoms with E-state index in [1.54, 1.807) is 11.3 Å². The minimum atomic E-state index is 0.172. The fourth-order valence-electron chi connectivity index (χ4n) is 2.45. The number of aromatic nitrogens is 1. The van der Waals surface area contributed by atoms with E-state index >= 15 is 0 Å². The number of hydrogen-bond donors (Lipinski definition) is 1. The van der Waals surface area contributed by atoms with Gasteiger partial charge in [0.25, 0.3) is 0 Å². The zero-order chi connectivity index (χ0) is 14.5. The highest BCUT2D eigenvalue weighted by Crippen LogP contribution is 2.26. The molecule has 3 aromatic rings. The molecule has 2 aromatic carbocycles. The second kappa shape index (κ2) is 6.66. The molecule has 0 bridgehead atoms. The van der Waals surface area contributed by atoms with Gasteiger partial charge in [-0.3, -0.25) is 5.32 Å². The number of nitrogens with one attached hydrogen (secondary N) is 1. The van der Waals surface area contributed by atoms with Gasteiger partial charge < -0.3 is 0 Å². The van der Waals surface area contributed by atoms with Crippen molar-refractivity contribution >= 4 is 11.3 Å². The molecule has 3 rings (SSSR count). The van der Waals surface area contributed by atoms with Gasteiger partial charge in [0, 0.05) is 11.6 Å². The second-order valence-corrected chi connectivity index (χ2v) is 5.94. The summed E-state index contributed by atoms with van der Waals surface area (Å²) in [4.78, 5) is 4.41. The van der Waals surface area contributed by atoms with Gasteiger partial charge in [-0.1, -0.05) is 60.7 Å². The van der Waals surface area contributed by atoms with Crippen LogP contribution in [0.4, 0.5) is 0 Å². The molecule has 21 heavy (non-hydrogen) atoms. The minimum Gasteiger partial charge on any atom is -0.297 e. The highest BCUT2D eigenvalue weighted by molar-refractivity contribution is 7.09. The van der Waals surface area contributed by atoms with Crippen molar-refractivity contribution in [2.24, 2.45) is 0 Å². The second-order valence-electron chi connectivity index (χ2n) is 5.01. The minimum absolute atomic E-state index is 0.172. The fourth-order valence-corrected chi connectivity index (χ4v) is 3.10. The summed E-state index contributed by atoms with van der Waals surface area (Å²) in [7, 11) is 0. The first-order valence-electron chi connectivity index (χ1n) is 7.10. The number of hydrogen-bond acceptors (Lipinski definition) is 3. The summed E-state index contributed by atoms with van der Waals surface area (Å²) in [6, 6.07) is 21.5. The van der Waals surface area contributed by atoms with Crippen LogP contribution in [0.3, 0.4) is 0 Å². The van der Waals surface area contributed by atoms with Crippen molar-refractivity contribution in [3.8, 4) is 0 Å². The molecular formula is C18H18N2S. The molecule has 0 spiro atoms. The smallest absolute Gasteiger partial charge is 0.109 e. The van der Waals surface area contributed by atoms with Gasteiger partial charge in [0.1, 0.15) is 5.01 Å². The van der Waals surface area contributed by atoms with Crippen LogP contribution < -0.4 is 5.32 Å². The number of benzene rings is 2. The van der Waals surface area contributed by atoms with Crippen LogP contribution in [0.2, 0.25) is 0 Å². The van der Waals surface area contributed by atoms with Gasteiger partial charge in [-0.15, -0.1) is 11.3 Å². The van der Waals surface area contributed by atoms with Crippen LogP contribution in [-0.4, -0.2) is 4.98 Å². The Hall–Kier alpha value is -1.97. The van der Waals surface area contributed by atoms with Crippen molar-refractivity contribution in [2.75, 3.05) is 0 Å². The van der Waals surface area contributed by atoms with Gasteiger partial charge >= 0.3 is 0 Å². The van der Waals surface area contributed by atoms with Crippen molar-refractivity contribution in [3.05, 3.63) is 88.4 Å². The summed E-state index contributed by atoms with van der Waals surface area (Å²) in [5.74, 6) is 0. The van der Waals surface area contributed by atoms with Crippen molar-refractivity contribution in [1.82, 2.24) is 10.3 Å². The highest BCUT2D eigenvalue weighted by atomic mass is 32.1. The average molecular weight is 294 g/mol. The SMILES string of the molecule is CC(NC(c1ccccc1)c1ccccc1)c1nccs1. The third-order valence-electron chi connectivity index (χ3n) is 3.50. The quantitative estimate of drug-likeness (QED) is 0.745. The van der Waals surface area contributed by atoms with E-state index in [9.17, 15) is 0 Å². The molecule has 1 heterocycles. The predicted molar refractivity (Wildman–Crippen MR) is 88.4 cm³/mol. The zero-order valence-electron chi connectivity index (χ0n) is 11.9. The van der Waals surface area contributed by atoms with Crippen LogP contribution in [0.25, 0.3) is 0 Å². The van der Waals surface area contributed by atoms with Crippen LogP contribution in [0, 0.1) is 0 Å². The van der Waals surface area contributed by atoms with Gasteiger partial charge in [-0.05, 0) is 18.1 Å². The van der Waals surface area contributed by atoms with Crippen molar-refractivity contribution in [3.63, 3.8) is 0 Å². The maximum atomic E-state index is 4.41. The number of rotatable bonds is 5. The fraction of sp³-hybridized carbons (Fsp3) is 0.167. The monoisotopic (exact) mass is 294 g/mol. The standard InChI is InChI=1S/C18H18N2S/c1-14(18-19-12-13-21-18)20-17(15-8-4-2-5-9-15)16-10-6-3-7-11-16/h2-14,17,20H,1H3. The third-order valence-corrected chi connectivity index (χ3v) is 4.46. The summed E-state index contributed by atoms with van der Waals surface area (Å²) in [6.07, 6.45) is 1.86. The summed E-state index contributed by atoms with van der Waals surface area (Å²) in [6.45, 7) is 2.16. The number of nitrogens with zero attached hydrogens (tertiary/aromatic N) is 1. The molecule has 0 aliphatic rings. The van der Waals surface area contributed by atoms with Gasteiger partial charge in [-0.25, -0.2) is 4.98 Å². The van der Waals surface area contributed by atoms with Gasteiger partial charge in [0.2, 0.25) is 0 Å². The van der Waals surface area contributed by atoms with Gasteiger partial charge in [0.05, 0.1) is 12.1 Å². The largest absolute Gasteiger partial charge is 0.297 e. The molecule has 0 fully saturated rings. The van der Waals surface area contributed by atoms with Crippen LogP contribution in [0.5, 0.6) is 0 Å². The van der Waals surface area contributed by atoms with E-state index in [-0.39, 0.29) is 12.1 Å². The first kappa shape index (κ1) is 14.0. The van der Waals surface area contributed by atoms with E-state index in [0.717, 1.165) is 5.01 Å². The molecule has 0 amide bonds. The van der Waals surface area contributed by atoms with E-state index < -0.39 is 0 Å². The van der Waals surface area contributed by atoms with Crippen molar-refractivity contribution < 1.29 is 0 Å². The molecule has 0 aliphatic heterocycles. The van der Waals surface area contributed by atoms with Crippen LogP contribution in [-0.2, 0) is 0 Å². The zero-order valence-corrected chi connectivity index (χ0v) is 12.8. The van der Waals surface area contributed by atoms with Gasteiger partial charge in [0.15, 0.2) is 0 Å². The van der Waals surface area contributed by atoms with E-state index in [1.165, 1.54) is 11.1 Å². The lowest BCUT2D eigenvalue weighted by molar-refractivity contribution is 0.514. The van der Waals surface area contributed by atoms with Crippen LogP contribution in [0.1, 0.15) is 35.1 Å². The average Bonchev–Trinajstić information content (AvgIpc) is 3.09. The lowest BCUT2D eigenvalue weighted by atomic mass is 9.98. The Morgan fingerprint density at radius 3 is 1.95 bits per heavy atom. The lowest BCUT2D eigenvalue weighted by Crippen LogP contribution is -2.25. The molecule has 106 valence electrons. The Balaban J connectivity index is 1.90. The summed E-state index contributed by atoms with van der Waals surface area (Å²) in [5.41, 5.74) is 2.54. The molecule has 1 aromatic heterocycles. The van der Waals surface area contributed by atoms with Crippen molar-refractivity contribution in [1.29, 1.82) is 0 Å². The molecule has 3 heteroatoms. The first-order valence-corrected chi connectivity index (χ1v) is 7.98. The Morgan fingerprint density at radius 1 is 0.905 bits per heavy atom. The first-order chi connectivity index (χ1) is 10.3. The molecule has 2 nitrogen and oxygen atoms in total. The van der Waals surface area contributed by atoms with E-state index in [2.05, 4.69) is 77.9 Å². The summed E-state index contributed by atoms with van der Waals surface area (Å²) in [5, 5.41) is 6.84. The third kappa shape index (κ3) is 3.38. The summed E-state index contributed by atoms with van der Waals surface area (Å²) < 4.78 is 0. The Bertz CT molecular complexity index is 611. The topological polar surface area (TPSA) is 24.9 Å². The summed E-state index contributed by atoms with van der Waals surface area (Å²) >= 11 is 1.69. The maximum Gasteiger partial charge on any atom is 0.109 e. The van der Waals surface area contributed by atoms with E-state index in [4.69, 9.17) is 0 Å². The molecule has 1 unspecified atom stereocenters. The molecule has 1 atom stereocenters. The molecule has 0 saturated carbocycles. The van der Waals surface area contributed by atoms with Crippen molar-refractivity contribution in [2.45, 2.75) is 19.0 Å². The Morgan fingerprint density at radius 2 is 1.48 bits per heavy atom.